The smallest absolute Gasteiger partial charge is 0.341 e. The molecule has 7 nitrogen and oxygen atoms in total. The molecule has 0 bridgehead atoms. The summed E-state index contributed by atoms with van der Waals surface area (Å²) in [6, 6.07) is 8.42. The number of esters is 1. The third kappa shape index (κ3) is 4.94. The third-order valence-corrected chi connectivity index (χ3v) is 3.46. The molecule has 2 amide bonds. The lowest BCUT2D eigenvalue weighted by Gasteiger charge is -2.16. The minimum absolute atomic E-state index is 0.195. The molecule has 1 unspecified atom stereocenters. The molecule has 1 aromatic carbocycles. The summed E-state index contributed by atoms with van der Waals surface area (Å²) in [6.07, 6.45) is 0.514. The number of aryl methyl sites for hydroxylation is 1. The van der Waals surface area contributed by atoms with Gasteiger partial charge in [-0.05, 0) is 37.6 Å². The second-order valence-corrected chi connectivity index (χ2v) is 5.52. The molecule has 1 heterocycles. The lowest BCUT2D eigenvalue weighted by Crippen LogP contribution is -2.35. The highest BCUT2D eigenvalue weighted by atomic mass is 16.5. The number of furan rings is 1. The average Bonchev–Trinajstić information content (AvgIpc) is 3.07. The number of nitrogens with one attached hydrogen (secondary N) is 2. The summed E-state index contributed by atoms with van der Waals surface area (Å²) in [5, 5.41) is 5.24. The van der Waals surface area contributed by atoms with Crippen LogP contribution in [0.3, 0.4) is 0 Å². The van der Waals surface area contributed by atoms with Crippen LogP contribution >= 0.6 is 0 Å². The van der Waals surface area contributed by atoms with Crippen LogP contribution in [0, 0.1) is 6.92 Å². The van der Waals surface area contributed by atoms with Gasteiger partial charge in [-0.3, -0.25) is 9.59 Å². The zero-order chi connectivity index (χ0) is 18.4. The molecule has 0 fully saturated rings. The molecule has 0 aliphatic rings. The Bertz CT molecular complexity index is 768. The number of rotatable bonds is 6. The van der Waals surface area contributed by atoms with Crippen molar-refractivity contribution in [2.45, 2.75) is 33.4 Å². The standard InChI is InChI=1S/C18H20N2O5/c1-11-6-4-8-15(16(11)20-13(3)21)18(23)25-12(2)17(22)19-10-14-7-5-9-24-14/h4-9,12H,10H2,1-3H3,(H,19,22)(H,20,21). The van der Waals surface area contributed by atoms with E-state index in [1.54, 1.807) is 31.2 Å². The van der Waals surface area contributed by atoms with E-state index in [0.29, 0.717) is 11.4 Å². The summed E-state index contributed by atoms with van der Waals surface area (Å²) in [5.41, 5.74) is 1.30. The fraction of sp³-hybridized carbons (Fsp3) is 0.278. The highest BCUT2D eigenvalue weighted by molar-refractivity contribution is 6.02. The van der Waals surface area contributed by atoms with Gasteiger partial charge in [-0.15, -0.1) is 0 Å². The van der Waals surface area contributed by atoms with Crippen LogP contribution in [0.15, 0.2) is 41.0 Å². The fourth-order valence-corrected chi connectivity index (χ4v) is 2.19. The van der Waals surface area contributed by atoms with Crippen molar-refractivity contribution in [1.29, 1.82) is 0 Å². The first-order chi connectivity index (χ1) is 11.9. The molecule has 1 atom stereocenters. The van der Waals surface area contributed by atoms with Gasteiger partial charge in [0.25, 0.3) is 5.91 Å². The molecule has 2 N–H and O–H groups in total. The Balaban J connectivity index is 2.02. The number of anilines is 1. The third-order valence-electron chi connectivity index (χ3n) is 3.46. The van der Waals surface area contributed by atoms with Crippen molar-refractivity contribution in [3.8, 4) is 0 Å². The van der Waals surface area contributed by atoms with Crippen LogP contribution in [0.5, 0.6) is 0 Å². The molecule has 1 aromatic heterocycles. The van der Waals surface area contributed by atoms with Crippen molar-refractivity contribution in [3.05, 3.63) is 53.5 Å². The first kappa shape index (κ1) is 18.3. The molecule has 0 aliphatic heterocycles. The Hall–Kier alpha value is -3.09. The van der Waals surface area contributed by atoms with Gasteiger partial charge < -0.3 is 19.8 Å². The average molecular weight is 344 g/mol. The van der Waals surface area contributed by atoms with Crippen LogP contribution in [-0.2, 0) is 20.9 Å². The summed E-state index contributed by atoms with van der Waals surface area (Å²) in [5.74, 6) is -0.835. The number of carbonyl (C=O) groups is 3. The molecular formula is C18H20N2O5. The summed E-state index contributed by atoms with van der Waals surface area (Å²) in [6.45, 7) is 4.80. The highest BCUT2D eigenvalue weighted by Gasteiger charge is 2.22. The molecule has 25 heavy (non-hydrogen) atoms. The Labute approximate surface area is 145 Å². The molecule has 7 heteroatoms. The maximum Gasteiger partial charge on any atom is 0.341 e. The SMILES string of the molecule is CC(=O)Nc1c(C)cccc1C(=O)OC(C)C(=O)NCc1ccco1. The molecule has 0 spiro atoms. The number of ether oxygens (including phenoxy) is 1. The highest BCUT2D eigenvalue weighted by Crippen LogP contribution is 2.22. The topological polar surface area (TPSA) is 97.6 Å². The predicted molar refractivity (Wildman–Crippen MR) is 90.9 cm³/mol. The van der Waals surface area contributed by atoms with Crippen LogP contribution in [0.25, 0.3) is 0 Å². The van der Waals surface area contributed by atoms with E-state index >= 15 is 0 Å². The Morgan fingerprint density at radius 2 is 1.96 bits per heavy atom. The number of para-hydroxylation sites is 1. The van der Waals surface area contributed by atoms with E-state index in [9.17, 15) is 14.4 Å². The Kier molecular flexibility index (Phi) is 5.94. The van der Waals surface area contributed by atoms with Crippen molar-refractivity contribution in [1.82, 2.24) is 5.32 Å². The Morgan fingerprint density at radius 3 is 2.60 bits per heavy atom. The van der Waals surface area contributed by atoms with E-state index in [4.69, 9.17) is 9.15 Å². The van der Waals surface area contributed by atoms with E-state index in [-0.39, 0.29) is 18.0 Å². The zero-order valence-electron chi connectivity index (χ0n) is 14.3. The van der Waals surface area contributed by atoms with Gasteiger partial charge in [0, 0.05) is 6.92 Å². The van der Waals surface area contributed by atoms with Gasteiger partial charge in [0.2, 0.25) is 5.91 Å². The van der Waals surface area contributed by atoms with Gasteiger partial charge in [-0.2, -0.15) is 0 Å². The van der Waals surface area contributed by atoms with Crippen molar-refractivity contribution in [2.75, 3.05) is 5.32 Å². The number of benzene rings is 1. The quantitative estimate of drug-likeness (QED) is 0.784. The van der Waals surface area contributed by atoms with Crippen molar-refractivity contribution >= 4 is 23.5 Å². The van der Waals surface area contributed by atoms with E-state index in [1.165, 1.54) is 26.2 Å². The maximum absolute atomic E-state index is 12.4. The van der Waals surface area contributed by atoms with Gasteiger partial charge in [-0.25, -0.2) is 4.79 Å². The molecule has 0 radical (unpaired) electrons. The van der Waals surface area contributed by atoms with Gasteiger partial charge in [0.05, 0.1) is 24.1 Å². The molecule has 0 saturated carbocycles. The summed E-state index contributed by atoms with van der Waals surface area (Å²) >= 11 is 0. The monoisotopic (exact) mass is 344 g/mol. The van der Waals surface area contributed by atoms with Crippen LogP contribution in [0.2, 0.25) is 0 Å². The largest absolute Gasteiger partial charge is 0.467 e. The molecule has 0 aliphatic carbocycles. The number of amides is 2. The lowest BCUT2D eigenvalue weighted by molar-refractivity contribution is -0.129. The summed E-state index contributed by atoms with van der Waals surface area (Å²) < 4.78 is 10.3. The first-order valence-corrected chi connectivity index (χ1v) is 7.76. The predicted octanol–water partition coefficient (Wildman–Crippen LogP) is 2.41. The van der Waals surface area contributed by atoms with Crippen LogP contribution < -0.4 is 10.6 Å². The minimum Gasteiger partial charge on any atom is -0.467 e. The van der Waals surface area contributed by atoms with E-state index in [2.05, 4.69) is 10.6 Å². The van der Waals surface area contributed by atoms with Crippen molar-refractivity contribution in [3.63, 3.8) is 0 Å². The van der Waals surface area contributed by atoms with Gasteiger partial charge in [0.15, 0.2) is 6.10 Å². The van der Waals surface area contributed by atoms with Gasteiger partial charge in [-0.1, -0.05) is 12.1 Å². The number of carbonyl (C=O) groups excluding carboxylic acids is 3. The van der Waals surface area contributed by atoms with E-state index in [1.807, 2.05) is 0 Å². The summed E-state index contributed by atoms with van der Waals surface area (Å²) in [7, 11) is 0. The molecule has 132 valence electrons. The molecule has 2 aromatic rings. The zero-order valence-corrected chi connectivity index (χ0v) is 14.3. The molecule has 2 rings (SSSR count). The van der Waals surface area contributed by atoms with Crippen LogP contribution in [0.4, 0.5) is 5.69 Å². The van der Waals surface area contributed by atoms with Crippen molar-refractivity contribution < 1.29 is 23.5 Å². The normalized spacial score (nSPS) is 11.5. The van der Waals surface area contributed by atoms with E-state index in [0.717, 1.165) is 5.56 Å². The maximum atomic E-state index is 12.4. The summed E-state index contributed by atoms with van der Waals surface area (Å²) in [4.78, 5) is 35.7. The lowest BCUT2D eigenvalue weighted by atomic mass is 10.1. The van der Waals surface area contributed by atoms with Crippen LogP contribution in [0.1, 0.15) is 35.5 Å². The van der Waals surface area contributed by atoms with Crippen molar-refractivity contribution in [2.24, 2.45) is 0 Å². The van der Waals surface area contributed by atoms with Gasteiger partial charge >= 0.3 is 5.97 Å². The van der Waals surface area contributed by atoms with Gasteiger partial charge in [0.1, 0.15) is 5.76 Å². The van der Waals surface area contributed by atoms with Crippen LogP contribution in [-0.4, -0.2) is 23.9 Å². The number of hydrogen-bond acceptors (Lipinski definition) is 5. The van der Waals surface area contributed by atoms with E-state index < -0.39 is 18.0 Å². The fourth-order valence-electron chi connectivity index (χ4n) is 2.19. The minimum atomic E-state index is -0.992. The second kappa shape index (κ2) is 8.14. The molecular weight excluding hydrogens is 324 g/mol. The number of hydrogen-bond donors (Lipinski definition) is 2. The molecule has 0 saturated heterocycles. The first-order valence-electron chi connectivity index (χ1n) is 7.76. The second-order valence-electron chi connectivity index (χ2n) is 5.52. The Morgan fingerprint density at radius 1 is 1.20 bits per heavy atom.